The van der Waals surface area contributed by atoms with E-state index in [2.05, 4.69) is 20.6 Å². The van der Waals surface area contributed by atoms with Crippen molar-refractivity contribution >= 4 is 5.96 Å². The van der Waals surface area contributed by atoms with E-state index in [4.69, 9.17) is 13.9 Å². The zero-order chi connectivity index (χ0) is 21.0. The summed E-state index contributed by atoms with van der Waals surface area (Å²) < 4.78 is 16.7. The van der Waals surface area contributed by atoms with Crippen molar-refractivity contribution < 1.29 is 13.9 Å². The minimum atomic E-state index is 0.512. The molecular formula is C23H28N4O3. The Bertz CT molecular complexity index is 908. The Morgan fingerprint density at radius 3 is 2.63 bits per heavy atom. The van der Waals surface area contributed by atoms with Crippen molar-refractivity contribution in [1.82, 2.24) is 15.6 Å². The van der Waals surface area contributed by atoms with E-state index in [1.807, 2.05) is 62.4 Å². The fraction of sp³-hybridized carbons (Fsp3) is 0.304. The summed E-state index contributed by atoms with van der Waals surface area (Å²) in [5, 5.41) is 6.57. The number of nitrogens with one attached hydrogen (secondary N) is 2. The van der Waals surface area contributed by atoms with Crippen LogP contribution in [0.5, 0.6) is 17.4 Å². The molecule has 0 amide bonds. The molecule has 158 valence electrons. The van der Waals surface area contributed by atoms with Crippen molar-refractivity contribution in [3.05, 3.63) is 72.3 Å². The Hall–Kier alpha value is -3.48. The number of hydrogen-bond donors (Lipinski definition) is 2. The largest absolute Gasteiger partial charge is 0.494 e. The maximum absolute atomic E-state index is 5.86. The smallest absolute Gasteiger partial charge is 0.219 e. The number of rotatable bonds is 10. The third-order valence-electron chi connectivity index (χ3n) is 4.16. The van der Waals surface area contributed by atoms with Crippen LogP contribution in [0, 0.1) is 0 Å². The molecule has 0 radical (unpaired) electrons. The fourth-order valence-corrected chi connectivity index (χ4v) is 2.77. The number of aliphatic imine (C=N–C) groups is 1. The first-order valence-corrected chi connectivity index (χ1v) is 10.2. The Kier molecular flexibility index (Phi) is 8.14. The first kappa shape index (κ1) is 21.2. The number of ether oxygens (including phenoxy) is 2. The van der Waals surface area contributed by atoms with Gasteiger partial charge in [0.05, 0.1) is 19.4 Å². The fourth-order valence-electron chi connectivity index (χ4n) is 2.77. The Morgan fingerprint density at radius 2 is 1.90 bits per heavy atom. The van der Waals surface area contributed by atoms with Gasteiger partial charge in [-0.05, 0) is 61.9 Å². The van der Waals surface area contributed by atoms with Crippen molar-refractivity contribution in [2.45, 2.75) is 26.8 Å². The lowest BCUT2D eigenvalue weighted by Gasteiger charge is -2.11. The van der Waals surface area contributed by atoms with Gasteiger partial charge >= 0.3 is 0 Å². The van der Waals surface area contributed by atoms with Gasteiger partial charge < -0.3 is 24.5 Å². The lowest BCUT2D eigenvalue weighted by molar-refractivity contribution is 0.339. The molecule has 0 saturated carbocycles. The summed E-state index contributed by atoms with van der Waals surface area (Å²) in [6.45, 7) is 6.67. The van der Waals surface area contributed by atoms with Crippen molar-refractivity contribution in [3.63, 3.8) is 0 Å². The van der Waals surface area contributed by atoms with E-state index in [0.717, 1.165) is 42.5 Å². The minimum Gasteiger partial charge on any atom is -0.494 e. The average Bonchev–Trinajstić information content (AvgIpc) is 3.27. The zero-order valence-electron chi connectivity index (χ0n) is 17.4. The van der Waals surface area contributed by atoms with Gasteiger partial charge in [0.15, 0.2) is 5.96 Å². The molecule has 2 aromatic heterocycles. The molecule has 3 aromatic rings. The van der Waals surface area contributed by atoms with Crippen LogP contribution in [0.25, 0.3) is 0 Å². The van der Waals surface area contributed by atoms with Gasteiger partial charge in [-0.3, -0.25) is 0 Å². The second-order valence-corrected chi connectivity index (χ2v) is 6.46. The van der Waals surface area contributed by atoms with Crippen LogP contribution in [0.1, 0.15) is 25.2 Å². The highest BCUT2D eigenvalue weighted by molar-refractivity contribution is 5.79. The summed E-state index contributed by atoms with van der Waals surface area (Å²) in [4.78, 5) is 8.94. The molecule has 0 saturated heterocycles. The van der Waals surface area contributed by atoms with Crippen molar-refractivity contribution in [1.29, 1.82) is 0 Å². The number of benzene rings is 1. The SMILES string of the molecule is CCNC(=NCc1ccnc(Oc2ccc(OCC)cc2)c1)NCCc1ccco1. The van der Waals surface area contributed by atoms with Gasteiger partial charge in [0.25, 0.3) is 0 Å². The molecule has 0 unspecified atom stereocenters. The van der Waals surface area contributed by atoms with Gasteiger partial charge in [0, 0.05) is 31.8 Å². The summed E-state index contributed by atoms with van der Waals surface area (Å²) in [5.74, 6) is 3.76. The van der Waals surface area contributed by atoms with Crippen LogP contribution < -0.4 is 20.1 Å². The van der Waals surface area contributed by atoms with Crippen LogP contribution in [0.15, 0.2) is 70.4 Å². The second-order valence-electron chi connectivity index (χ2n) is 6.46. The van der Waals surface area contributed by atoms with Crippen molar-refractivity contribution in [2.75, 3.05) is 19.7 Å². The highest BCUT2D eigenvalue weighted by atomic mass is 16.5. The maximum Gasteiger partial charge on any atom is 0.219 e. The molecule has 3 rings (SSSR count). The maximum atomic E-state index is 5.86. The molecule has 0 bridgehead atoms. The Balaban J connectivity index is 1.56. The third kappa shape index (κ3) is 6.84. The first-order valence-electron chi connectivity index (χ1n) is 10.2. The molecule has 30 heavy (non-hydrogen) atoms. The van der Waals surface area contributed by atoms with E-state index >= 15 is 0 Å². The molecule has 1 aromatic carbocycles. The molecule has 0 atom stereocenters. The van der Waals surface area contributed by atoms with Gasteiger partial charge in [-0.2, -0.15) is 0 Å². The minimum absolute atomic E-state index is 0.512. The predicted molar refractivity (Wildman–Crippen MR) is 117 cm³/mol. The molecule has 7 heteroatoms. The third-order valence-corrected chi connectivity index (χ3v) is 4.16. The summed E-state index contributed by atoms with van der Waals surface area (Å²) >= 11 is 0. The van der Waals surface area contributed by atoms with Crippen LogP contribution in [-0.2, 0) is 13.0 Å². The van der Waals surface area contributed by atoms with Crippen LogP contribution in [0.3, 0.4) is 0 Å². The van der Waals surface area contributed by atoms with E-state index in [-0.39, 0.29) is 0 Å². The number of pyridine rings is 1. The number of guanidine groups is 1. The summed E-state index contributed by atoms with van der Waals surface area (Å²) in [6.07, 6.45) is 4.21. The van der Waals surface area contributed by atoms with E-state index in [1.54, 1.807) is 12.5 Å². The summed E-state index contributed by atoms with van der Waals surface area (Å²) in [6, 6.07) is 15.2. The van der Waals surface area contributed by atoms with E-state index < -0.39 is 0 Å². The van der Waals surface area contributed by atoms with Gasteiger partial charge in [-0.25, -0.2) is 9.98 Å². The van der Waals surface area contributed by atoms with Crippen molar-refractivity contribution in [3.8, 4) is 17.4 Å². The van der Waals surface area contributed by atoms with Crippen LogP contribution in [0.2, 0.25) is 0 Å². The lowest BCUT2D eigenvalue weighted by Crippen LogP contribution is -2.38. The molecular weight excluding hydrogens is 380 g/mol. The molecule has 0 aliphatic rings. The van der Waals surface area contributed by atoms with Crippen LogP contribution >= 0.6 is 0 Å². The number of nitrogens with zero attached hydrogens (tertiary/aromatic N) is 2. The highest BCUT2D eigenvalue weighted by Gasteiger charge is 2.03. The van der Waals surface area contributed by atoms with Gasteiger partial charge in [-0.1, -0.05) is 0 Å². The highest BCUT2D eigenvalue weighted by Crippen LogP contribution is 2.23. The van der Waals surface area contributed by atoms with E-state index in [1.165, 1.54) is 0 Å². The van der Waals surface area contributed by atoms with Gasteiger partial charge in [0.1, 0.15) is 17.3 Å². The summed E-state index contributed by atoms with van der Waals surface area (Å²) in [5.41, 5.74) is 1.01. The first-order chi connectivity index (χ1) is 14.8. The van der Waals surface area contributed by atoms with Gasteiger partial charge in [0.2, 0.25) is 5.88 Å². The molecule has 0 fully saturated rings. The molecule has 0 aliphatic carbocycles. The molecule has 0 aliphatic heterocycles. The topological polar surface area (TPSA) is 80.9 Å². The average molecular weight is 409 g/mol. The van der Waals surface area contributed by atoms with E-state index in [9.17, 15) is 0 Å². The lowest BCUT2D eigenvalue weighted by atomic mass is 10.2. The molecule has 7 nitrogen and oxygen atoms in total. The Labute approximate surface area is 177 Å². The standard InChI is InChI=1S/C23H28N4O3/c1-3-24-23(26-14-12-19-6-5-15-29-19)27-17-18-11-13-25-22(16-18)30-21-9-7-20(8-10-21)28-4-2/h5-11,13,15-16H,3-4,12,14,17H2,1-2H3,(H2,24,26,27). The van der Waals surface area contributed by atoms with Crippen molar-refractivity contribution in [2.24, 2.45) is 4.99 Å². The normalized spacial score (nSPS) is 11.2. The van der Waals surface area contributed by atoms with E-state index in [0.29, 0.717) is 24.8 Å². The molecule has 2 heterocycles. The number of aromatic nitrogens is 1. The van der Waals surface area contributed by atoms with Crippen LogP contribution in [-0.4, -0.2) is 30.6 Å². The monoisotopic (exact) mass is 408 g/mol. The number of hydrogen-bond acceptors (Lipinski definition) is 5. The van der Waals surface area contributed by atoms with Gasteiger partial charge in [-0.15, -0.1) is 0 Å². The quantitative estimate of drug-likeness (QED) is 0.387. The predicted octanol–water partition coefficient (Wildman–Crippen LogP) is 4.16. The zero-order valence-corrected chi connectivity index (χ0v) is 17.4. The second kappa shape index (κ2) is 11.5. The molecule has 2 N–H and O–H groups in total. The van der Waals surface area contributed by atoms with Crippen LogP contribution in [0.4, 0.5) is 0 Å². The molecule has 0 spiro atoms. The Morgan fingerprint density at radius 1 is 1.07 bits per heavy atom. The number of furan rings is 1. The summed E-state index contributed by atoms with van der Waals surface area (Å²) in [7, 11) is 0.